The van der Waals surface area contributed by atoms with Crippen molar-refractivity contribution in [1.29, 1.82) is 0 Å². The van der Waals surface area contributed by atoms with Crippen LogP contribution in [0.25, 0.3) is 61.3 Å². The number of nitrogens with zero attached hydrogens (tertiary/aromatic N) is 4. The molecule has 1 aliphatic rings. The lowest BCUT2D eigenvalue weighted by Crippen LogP contribution is -2.28. The molecule has 1 aromatic heterocycles. The van der Waals surface area contributed by atoms with Crippen LogP contribution in [0.2, 0.25) is 0 Å². The molecule has 0 unspecified atom stereocenters. The number of hydrogen-bond donors (Lipinski definition) is 0. The van der Waals surface area contributed by atoms with E-state index in [0.29, 0.717) is 23.2 Å². The molecule has 1 heterocycles. The van der Waals surface area contributed by atoms with E-state index >= 15 is 0 Å². The number of fused-ring (bicyclic) bond motifs is 3. The summed E-state index contributed by atoms with van der Waals surface area (Å²) in [4.78, 5) is 18.7. The second-order valence-corrected chi connectivity index (χ2v) is 12.7. The van der Waals surface area contributed by atoms with Crippen LogP contribution in [0.5, 0.6) is 0 Å². The molecule has 0 spiro atoms. The van der Waals surface area contributed by atoms with Crippen LogP contribution < -0.4 is 0 Å². The SMILES string of the molecule is [C-]#[N+]c1ccc2c(c1)-c1cc(-c3cccc(-c4nc(-c5ccccc5)nc(-c5ccccc5)n4)c3)ccc1C2(c1ccccc1)c1ccccc1. The van der Waals surface area contributed by atoms with Crippen LogP contribution in [0.3, 0.4) is 0 Å². The summed E-state index contributed by atoms with van der Waals surface area (Å²) in [7, 11) is 0. The van der Waals surface area contributed by atoms with Crippen LogP contribution >= 0.6 is 0 Å². The van der Waals surface area contributed by atoms with Crippen LogP contribution in [0.1, 0.15) is 22.3 Å². The van der Waals surface area contributed by atoms with Gasteiger partial charge < -0.3 is 0 Å². The predicted molar refractivity (Wildman–Crippen MR) is 205 cm³/mol. The number of hydrogen-bond acceptors (Lipinski definition) is 3. The molecule has 238 valence electrons. The Hall–Kier alpha value is -6.96. The summed E-state index contributed by atoms with van der Waals surface area (Å²) < 4.78 is 0. The van der Waals surface area contributed by atoms with Crippen molar-refractivity contribution in [2.45, 2.75) is 5.41 Å². The van der Waals surface area contributed by atoms with E-state index < -0.39 is 5.41 Å². The molecule has 1 aliphatic carbocycles. The van der Waals surface area contributed by atoms with E-state index in [0.717, 1.165) is 38.9 Å². The van der Waals surface area contributed by atoms with Gasteiger partial charge in [0.05, 0.1) is 12.0 Å². The maximum atomic E-state index is 7.85. The molecule has 0 saturated carbocycles. The van der Waals surface area contributed by atoms with Gasteiger partial charge in [0.1, 0.15) is 0 Å². The van der Waals surface area contributed by atoms with Crippen molar-refractivity contribution in [3.05, 3.63) is 216 Å². The van der Waals surface area contributed by atoms with Crippen molar-refractivity contribution in [3.63, 3.8) is 0 Å². The van der Waals surface area contributed by atoms with Crippen molar-refractivity contribution >= 4 is 5.69 Å². The Balaban J connectivity index is 1.22. The monoisotopic (exact) mass is 650 g/mol. The van der Waals surface area contributed by atoms with E-state index in [1.54, 1.807) is 0 Å². The molecule has 0 N–H and O–H groups in total. The summed E-state index contributed by atoms with van der Waals surface area (Å²) in [6, 6.07) is 62.9. The first-order chi connectivity index (χ1) is 25.2. The summed E-state index contributed by atoms with van der Waals surface area (Å²) >= 11 is 0. The molecule has 0 atom stereocenters. The summed E-state index contributed by atoms with van der Waals surface area (Å²) in [6.07, 6.45) is 0. The van der Waals surface area contributed by atoms with Gasteiger partial charge in [0.2, 0.25) is 0 Å². The topological polar surface area (TPSA) is 43.0 Å². The second kappa shape index (κ2) is 12.5. The van der Waals surface area contributed by atoms with Crippen molar-refractivity contribution in [2.24, 2.45) is 0 Å². The normalized spacial score (nSPS) is 12.5. The van der Waals surface area contributed by atoms with E-state index in [9.17, 15) is 0 Å². The zero-order chi connectivity index (χ0) is 34.2. The Morgan fingerprint density at radius 1 is 0.373 bits per heavy atom. The van der Waals surface area contributed by atoms with E-state index in [1.807, 2.05) is 66.7 Å². The number of benzene rings is 7. The molecule has 0 saturated heterocycles. The van der Waals surface area contributed by atoms with Crippen LogP contribution in [-0.2, 0) is 5.41 Å². The second-order valence-electron chi connectivity index (χ2n) is 12.7. The Kier molecular flexibility index (Phi) is 7.38. The Morgan fingerprint density at radius 3 is 1.35 bits per heavy atom. The summed E-state index contributed by atoms with van der Waals surface area (Å²) in [5.74, 6) is 1.88. The van der Waals surface area contributed by atoms with Gasteiger partial charge in [0, 0.05) is 16.7 Å². The summed E-state index contributed by atoms with van der Waals surface area (Å²) in [6.45, 7) is 7.85. The molecular weight excluding hydrogens is 621 g/mol. The fraction of sp³-hybridized carbons (Fsp3) is 0.0213. The fourth-order valence-corrected chi connectivity index (χ4v) is 7.51. The molecule has 4 heteroatoms. The van der Waals surface area contributed by atoms with E-state index in [4.69, 9.17) is 21.5 Å². The first-order valence-corrected chi connectivity index (χ1v) is 17.0. The summed E-state index contributed by atoms with van der Waals surface area (Å²) in [5.41, 5.74) is 12.0. The zero-order valence-corrected chi connectivity index (χ0v) is 27.6. The quantitative estimate of drug-likeness (QED) is 0.168. The molecule has 51 heavy (non-hydrogen) atoms. The maximum absolute atomic E-state index is 7.85. The molecule has 0 bridgehead atoms. The Labute approximate surface area is 297 Å². The smallest absolute Gasteiger partial charge is 0.187 e. The number of rotatable bonds is 6. The lowest BCUT2D eigenvalue weighted by atomic mass is 9.67. The van der Waals surface area contributed by atoms with Crippen molar-refractivity contribution in [3.8, 4) is 56.4 Å². The minimum absolute atomic E-state index is 0.527. The third-order valence-corrected chi connectivity index (χ3v) is 9.82. The number of aromatic nitrogens is 3. The van der Waals surface area contributed by atoms with Gasteiger partial charge in [-0.05, 0) is 62.7 Å². The van der Waals surface area contributed by atoms with Crippen molar-refractivity contribution in [2.75, 3.05) is 0 Å². The average molecular weight is 651 g/mol. The highest BCUT2D eigenvalue weighted by Crippen LogP contribution is 2.57. The van der Waals surface area contributed by atoms with Gasteiger partial charge in [-0.25, -0.2) is 19.8 Å². The first-order valence-electron chi connectivity index (χ1n) is 17.0. The molecule has 7 aromatic carbocycles. The first kappa shape index (κ1) is 30.1. The van der Waals surface area contributed by atoms with Gasteiger partial charge in [-0.2, -0.15) is 0 Å². The molecule has 0 amide bonds. The molecular formula is C47H30N4. The lowest BCUT2D eigenvalue weighted by Gasteiger charge is -2.34. The maximum Gasteiger partial charge on any atom is 0.187 e. The average Bonchev–Trinajstić information content (AvgIpc) is 3.51. The standard InChI is InChI=1S/C47H30N4/c1-48-39-26-28-43-41(31-39)40-30-35(25-27-42(40)47(43,37-21-10-4-11-22-37)38-23-12-5-13-24-38)34-19-14-20-36(29-34)46-50-44(32-15-6-2-7-16-32)49-45(51-46)33-17-8-3-9-18-33/h2-31H. The molecule has 9 rings (SSSR count). The molecule has 0 fully saturated rings. The minimum Gasteiger partial charge on any atom is -0.238 e. The van der Waals surface area contributed by atoms with E-state index in [1.165, 1.54) is 22.3 Å². The summed E-state index contributed by atoms with van der Waals surface area (Å²) in [5, 5.41) is 0. The van der Waals surface area contributed by atoms with Crippen LogP contribution in [0.15, 0.2) is 182 Å². The Bertz CT molecular complexity index is 2480. The van der Waals surface area contributed by atoms with Crippen molar-refractivity contribution in [1.82, 2.24) is 15.0 Å². The highest BCUT2D eigenvalue weighted by Gasteiger charge is 2.46. The van der Waals surface area contributed by atoms with Gasteiger partial charge in [-0.15, -0.1) is 0 Å². The zero-order valence-electron chi connectivity index (χ0n) is 27.6. The lowest BCUT2D eigenvalue weighted by molar-refractivity contribution is 0.768. The van der Waals surface area contributed by atoms with E-state index in [2.05, 4.69) is 120 Å². The van der Waals surface area contributed by atoms with Crippen LogP contribution in [0, 0.1) is 6.57 Å². The van der Waals surface area contributed by atoms with Gasteiger partial charge in [-0.1, -0.05) is 164 Å². The third kappa shape index (κ3) is 5.12. The highest BCUT2D eigenvalue weighted by molar-refractivity contribution is 5.90. The van der Waals surface area contributed by atoms with Gasteiger partial charge in [0.25, 0.3) is 0 Å². The Morgan fingerprint density at radius 2 is 0.804 bits per heavy atom. The van der Waals surface area contributed by atoms with Gasteiger partial charge in [-0.3, -0.25) is 0 Å². The molecule has 4 nitrogen and oxygen atoms in total. The highest BCUT2D eigenvalue weighted by atomic mass is 15.0. The largest absolute Gasteiger partial charge is 0.238 e. The van der Waals surface area contributed by atoms with E-state index in [-0.39, 0.29) is 0 Å². The molecule has 8 aromatic rings. The third-order valence-electron chi connectivity index (χ3n) is 9.82. The predicted octanol–water partition coefficient (Wildman–Crippen LogP) is 11.5. The van der Waals surface area contributed by atoms with Gasteiger partial charge >= 0.3 is 0 Å². The fourth-order valence-electron chi connectivity index (χ4n) is 7.51. The molecule has 0 radical (unpaired) electrons. The van der Waals surface area contributed by atoms with Gasteiger partial charge in [0.15, 0.2) is 23.2 Å². The van der Waals surface area contributed by atoms with Crippen LogP contribution in [-0.4, -0.2) is 15.0 Å². The van der Waals surface area contributed by atoms with Crippen molar-refractivity contribution < 1.29 is 0 Å². The minimum atomic E-state index is -0.527. The molecule has 0 aliphatic heterocycles. The van der Waals surface area contributed by atoms with Crippen LogP contribution in [0.4, 0.5) is 5.69 Å².